The number of rotatable bonds is 8. The second-order valence-corrected chi connectivity index (χ2v) is 7.12. The van der Waals surface area contributed by atoms with Crippen LogP contribution >= 0.6 is 0 Å². The molecule has 5 heteroatoms. The van der Waals surface area contributed by atoms with Crippen LogP contribution in [0.25, 0.3) is 0 Å². The molecule has 0 amide bonds. The van der Waals surface area contributed by atoms with Gasteiger partial charge in [-0.05, 0) is 43.1 Å². The molecule has 0 radical (unpaired) electrons. The van der Waals surface area contributed by atoms with Crippen molar-refractivity contribution in [1.29, 1.82) is 0 Å². The molecule has 0 aliphatic heterocycles. The zero-order valence-corrected chi connectivity index (χ0v) is 16.6. The van der Waals surface area contributed by atoms with E-state index in [-0.39, 0.29) is 0 Å². The molecular weight excluding hydrogens is 324 g/mol. The van der Waals surface area contributed by atoms with Crippen LogP contribution in [0.15, 0.2) is 52.1 Å². The van der Waals surface area contributed by atoms with Crippen molar-refractivity contribution in [3.05, 3.63) is 59.5 Å². The molecule has 0 aliphatic carbocycles. The highest BCUT2D eigenvalue weighted by atomic mass is 16.3. The van der Waals surface area contributed by atoms with Crippen molar-refractivity contribution < 1.29 is 4.42 Å². The fourth-order valence-electron chi connectivity index (χ4n) is 2.66. The van der Waals surface area contributed by atoms with Gasteiger partial charge in [-0.15, -0.1) is 0 Å². The molecule has 0 fully saturated rings. The first-order chi connectivity index (χ1) is 12.5. The van der Waals surface area contributed by atoms with E-state index in [0.717, 1.165) is 31.4 Å². The van der Waals surface area contributed by atoms with Crippen molar-refractivity contribution in [2.45, 2.75) is 46.4 Å². The van der Waals surface area contributed by atoms with Crippen molar-refractivity contribution in [1.82, 2.24) is 15.5 Å². The Morgan fingerprint density at radius 1 is 1.08 bits per heavy atom. The number of guanidine groups is 1. The van der Waals surface area contributed by atoms with Gasteiger partial charge in [-0.25, -0.2) is 0 Å². The van der Waals surface area contributed by atoms with Crippen LogP contribution in [0.5, 0.6) is 0 Å². The van der Waals surface area contributed by atoms with Crippen molar-refractivity contribution in [3.63, 3.8) is 0 Å². The van der Waals surface area contributed by atoms with Crippen molar-refractivity contribution in [3.8, 4) is 0 Å². The van der Waals surface area contributed by atoms with Gasteiger partial charge < -0.3 is 15.1 Å². The number of nitrogens with one attached hydrogen (secondary N) is 2. The third kappa shape index (κ3) is 6.23. The average Bonchev–Trinajstić information content (AvgIpc) is 3.12. The number of benzene rings is 1. The van der Waals surface area contributed by atoms with E-state index in [4.69, 9.17) is 4.42 Å². The van der Waals surface area contributed by atoms with Gasteiger partial charge in [0.1, 0.15) is 5.76 Å². The van der Waals surface area contributed by atoms with Gasteiger partial charge in [0, 0.05) is 26.2 Å². The second kappa shape index (κ2) is 10.0. The summed E-state index contributed by atoms with van der Waals surface area (Å²) in [5.74, 6) is 2.37. The second-order valence-electron chi connectivity index (χ2n) is 7.12. The van der Waals surface area contributed by atoms with E-state index >= 15 is 0 Å². The van der Waals surface area contributed by atoms with Gasteiger partial charge in [-0.2, -0.15) is 0 Å². The molecule has 1 heterocycles. The molecule has 142 valence electrons. The standard InChI is InChI=1S/C21H32N4O/c1-16(2)17(3)24-21(22-4)23-13-18-9-6-7-10-19(18)14-25(5)15-20-11-8-12-26-20/h6-12,16-17H,13-15H2,1-5H3,(H2,22,23,24). The Bertz CT molecular complexity index is 679. The molecule has 0 spiro atoms. The third-order valence-corrected chi connectivity index (χ3v) is 4.60. The number of hydrogen-bond acceptors (Lipinski definition) is 3. The zero-order valence-electron chi connectivity index (χ0n) is 16.6. The molecule has 2 rings (SSSR count). The van der Waals surface area contributed by atoms with E-state index in [2.05, 4.69) is 72.6 Å². The van der Waals surface area contributed by atoms with Gasteiger partial charge in [0.2, 0.25) is 0 Å². The van der Waals surface area contributed by atoms with Crippen LogP contribution in [0.1, 0.15) is 37.7 Å². The molecule has 26 heavy (non-hydrogen) atoms. The molecule has 1 unspecified atom stereocenters. The number of hydrogen-bond donors (Lipinski definition) is 2. The van der Waals surface area contributed by atoms with Crippen molar-refractivity contribution in [2.24, 2.45) is 10.9 Å². The van der Waals surface area contributed by atoms with Gasteiger partial charge in [0.05, 0.1) is 12.8 Å². The average molecular weight is 357 g/mol. The molecule has 0 saturated heterocycles. The first kappa shape index (κ1) is 20.0. The predicted molar refractivity (Wildman–Crippen MR) is 108 cm³/mol. The van der Waals surface area contributed by atoms with E-state index in [9.17, 15) is 0 Å². The Hall–Kier alpha value is -2.27. The minimum atomic E-state index is 0.371. The highest BCUT2D eigenvalue weighted by molar-refractivity contribution is 5.79. The maximum Gasteiger partial charge on any atom is 0.191 e. The Balaban J connectivity index is 1.95. The molecule has 2 aromatic rings. The van der Waals surface area contributed by atoms with Crippen molar-refractivity contribution >= 4 is 5.96 Å². The SMILES string of the molecule is CN=C(NCc1ccccc1CN(C)Cc1ccco1)NC(C)C(C)C. The lowest BCUT2D eigenvalue weighted by Crippen LogP contribution is -2.44. The summed E-state index contributed by atoms with van der Waals surface area (Å²) in [4.78, 5) is 6.59. The summed E-state index contributed by atoms with van der Waals surface area (Å²) in [6.07, 6.45) is 1.72. The molecule has 0 aliphatic rings. The molecule has 1 atom stereocenters. The minimum absolute atomic E-state index is 0.371. The van der Waals surface area contributed by atoms with E-state index in [1.54, 1.807) is 6.26 Å². The summed E-state index contributed by atoms with van der Waals surface area (Å²) in [6, 6.07) is 12.8. The summed E-state index contributed by atoms with van der Waals surface area (Å²) >= 11 is 0. The van der Waals surface area contributed by atoms with Crippen LogP contribution < -0.4 is 10.6 Å². The fourth-order valence-corrected chi connectivity index (χ4v) is 2.66. The zero-order chi connectivity index (χ0) is 18.9. The molecule has 5 nitrogen and oxygen atoms in total. The molecule has 2 N–H and O–H groups in total. The molecular formula is C21H32N4O. The third-order valence-electron chi connectivity index (χ3n) is 4.60. The first-order valence-electron chi connectivity index (χ1n) is 9.24. The summed E-state index contributed by atoms with van der Waals surface area (Å²) in [5.41, 5.74) is 2.58. The van der Waals surface area contributed by atoms with Gasteiger partial charge in [-0.3, -0.25) is 9.89 Å². The predicted octanol–water partition coefficient (Wildman–Crippen LogP) is 3.62. The van der Waals surface area contributed by atoms with Crippen LogP contribution in [0, 0.1) is 5.92 Å². The Labute approximate surface area is 157 Å². The number of aliphatic imine (C=N–C) groups is 1. The Morgan fingerprint density at radius 3 is 2.42 bits per heavy atom. The van der Waals surface area contributed by atoms with Crippen LogP contribution in [0.4, 0.5) is 0 Å². The van der Waals surface area contributed by atoms with Crippen LogP contribution in [-0.2, 0) is 19.6 Å². The topological polar surface area (TPSA) is 52.8 Å². The normalized spacial score (nSPS) is 13.3. The lowest BCUT2D eigenvalue weighted by Gasteiger charge is -2.22. The lowest BCUT2D eigenvalue weighted by molar-refractivity contribution is 0.287. The Kier molecular flexibility index (Phi) is 7.73. The number of nitrogens with zero attached hydrogens (tertiary/aromatic N) is 2. The summed E-state index contributed by atoms with van der Waals surface area (Å²) in [7, 11) is 3.92. The summed E-state index contributed by atoms with van der Waals surface area (Å²) in [5, 5.41) is 6.87. The van der Waals surface area contributed by atoms with E-state index in [1.807, 2.05) is 19.2 Å². The van der Waals surface area contributed by atoms with Gasteiger partial charge in [0.15, 0.2) is 5.96 Å². The molecule has 0 saturated carbocycles. The highest BCUT2D eigenvalue weighted by Gasteiger charge is 2.11. The largest absolute Gasteiger partial charge is 0.468 e. The highest BCUT2D eigenvalue weighted by Crippen LogP contribution is 2.13. The van der Waals surface area contributed by atoms with Crippen molar-refractivity contribution in [2.75, 3.05) is 14.1 Å². The monoisotopic (exact) mass is 356 g/mol. The summed E-state index contributed by atoms with van der Waals surface area (Å²) in [6.45, 7) is 8.99. The molecule has 1 aromatic heterocycles. The van der Waals surface area contributed by atoms with E-state index < -0.39 is 0 Å². The lowest BCUT2D eigenvalue weighted by atomic mass is 10.1. The van der Waals surface area contributed by atoms with E-state index in [1.165, 1.54) is 11.1 Å². The number of furan rings is 1. The molecule has 0 bridgehead atoms. The quantitative estimate of drug-likeness (QED) is 0.560. The fraction of sp³-hybridized carbons (Fsp3) is 0.476. The smallest absolute Gasteiger partial charge is 0.191 e. The van der Waals surface area contributed by atoms with Gasteiger partial charge >= 0.3 is 0 Å². The summed E-state index contributed by atoms with van der Waals surface area (Å²) < 4.78 is 5.44. The van der Waals surface area contributed by atoms with Crippen LogP contribution in [-0.4, -0.2) is 31.0 Å². The van der Waals surface area contributed by atoms with Gasteiger partial charge in [-0.1, -0.05) is 38.1 Å². The van der Waals surface area contributed by atoms with Gasteiger partial charge in [0.25, 0.3) is 0 Å². The van der Waals surface area contributed by atoms with Crippen LogP contribution in [0.2, 0.25) is 0 Å². The minimum Gasteiger partial charge on any atom is -0.468 e. The van der Waals surface area contributed by atoms with E-state index in [0.29, 0.717) is 12.0 Å². The maximum atomic E-state index is 5.44. The first-order valence-corrected chi connectivity index (χ1v) is 9.24. The Morgan fingerprint density at radius 2 is 1.81 bits per heavy atom. The molecule has 1 aromatic carbocycles. The maximum absolute atomic E-state index is 5.44. The van der Waals surface area contributed by atoms with Crippen LogP contribution in [0.3, 0.4) is 0 Å².